The minimum atomic E-state index is -0.807. The third-order valence-electron chi connectivity index (χ3n) is 5.53. The van der Waals surface area contributed by atoms with Crippen LogP contribution >= 0.6 is 0 Å². The van der Waals surface area contributed by atoms with Crippen molar-refractivity contribution in [1.29, 1.82) is 0 Å². The monoisotopic (exact) mass is 348 g/mol. The predicted molar refractivity (Wildman–Crippen MR) is 107 cm³/mol. The second-order valence-corrected chi connectivity index (χ2v) is 7.60. The van der Waals surface area contributed by atoms with Gasteiger partial charge in [0, 0.05) is 12.0 Å². The summed E-state index contributed by atoms with van der Waals surface area (Å²) in [7, 11) is 2.17. The fraction of sp³-hybridized carbons (Fsp3) is 0.417. The van der Waals surface area contributed by atoms with Gasteiger partial charge in [-0.1, -0.05) is 79.4 Å². The Balaban J connectivity index is 1.62. The summed E-state index contributed by atoms with van der Waals surface area (Å²) >= 11 is 0. The van der Waals surface area contributed by atoms with Crippen molar-refractivity contribution in [2.24, 2.45) is 5.92 Å². The smallest absolute Gasteiger partial charge is 0.139 e. The van der Waals surface area contributed by atoms with Crippen molar-refractivity contribution in [2.45, 2.75) is 44.2 Å². The third-order valence-corrected chi connectivity index (χ3v) is 5.53. The number of hydrogen-bond acceptors (Lipinski definition) is 1. The summed E-state index contributed by atoms with van der Waals surface area (Å²) in [5, 5.41) is 11.5. The Morgan fingerprint density at radius 1 is 0.962 bits per heavy atom. The zero-order chi connectivity index (χ0) is 18.2. The molecule has 26 heavy (non-hydrogen) atoms. The summed E-state index contributed by atoms with van der Waals surface area (Å²) in [6, 6.07) is 20.7. The van der Waals surface area contributed by atoms with E-state index in [1.807, 2.05) is 36.4 Å². The molecule has 1 aliphatic carbocycles. The topological polar surface area (TPSA) is 24.7 Å². The summed E-state index contributed by atoms with van der Waals surface area (Å²) in [5.41, 5.74) is 1.54. The highest BCUT2D eigenvalue weighted by Gasteiger charge is 2.39. The Labute approximate surface area is 157 Å². The van der Waals surface area contributed by atoms with Gasteiger partial charge >= 0.3 is 0 Å². The Kier molecular flexibility index (Phi) is 6.50. The molecule has 0 spiro atoms. The van der Waals surface area contributed by atoms with E-state index in [0.29, 0.717) is 12.3 Å². The first-order chi connectivity index (χ1) is 12.7. The molecule has 2 aromatic carbocycles. The number of hydrogen-bond donors (Lipinski definition) is 2. The maximum Gasteiger partial charge on any atom is 0.139 e. The number of rotatable bonds is 6. The van der Waals surface area contributed by atoms with E-state index >= 15 is 0 Å². The molecule has 3 rings (SSSR count). The molecule has 2 aromatic rings. The lowest BCUT2D eigenvalue weighted by Gasteiger charge is -2.33. The molecule has 2 heteroatoms. The third kappa shape index (κ3) is 4.75. The van der Waals surface area contributed by atoms with Gasteiger partial charge in [0.1, 0.15) is 18.7 Å². The number of quaternary nitrogens is 1. The lowest BCUT2D eigenvalue weighted by atomic mass is 9.78. The molecule has 0 aromatic heterocycles. The molecule has 1 aliphatic rings. The molecule has 2 atom stereocenters. The normalized spacial score (nSPS) is 17.9. The molecule has 0 heterocycles. The Bertz CT molecular complexity index is 725. The van der Waals surface area contributed by atoms with Crippen LogP contribution in [0.2, 0.25) is 0 Å². The predicted octanol–water partition coefficient (Wildman–Crippen LogP) is 3.17. The van der Waals surface area contributed by atoms with Crippen molar-refractivity contribution in [1.82, 2.24) is 0 Å². The molecule has 1 saturated carbocycles. The van der Waals surface area contributed by atoms with Crippen LogP contribution in [0.3, 0.4) is 0 Å². The van der Waals surface area contributed by atoms with Gasteiger partial charge < -0.3 is 10.0 Å². The average molecular weight is 349 g/mol. The lowest BCUT2D eigenvalue weighted by Crippen LogP contribution is -3.07. The summed E-state index contributed by atoms with van der Waals surface area (Å²) in [6.07, 6.45) is 5.17. The lowest BCUT2D eigenvalue weighted by molar-refractivity contribution is -0.886. The standard InChI is InChI=1S/C24H29NO/c1-25(20-21-12-4-2-5-13-21)19-11-10-18-24(26,23-16-8-9-17-23)22-14-6-3-7-15-22/h2-7,12-15,23,26H,8-9,16-20H2,1H3/p+1/t24-/m0/s1. The van der Waals surface area contributed by atoms with Gasteiger partial charge in [-0.3, -0.25) is 0 Å². The van der Waals surface area contributed by atoms with Crippen LogP contribution in [0, 0.1) is 17.8 Å². The first-order valence-corrected chi connectivity index (χ1v) is 9.77. The Hall–Kier alpha value is -2.08. The second-order valence-electron chi connectivity index (χ2n) is 7.60. The van der Waals surface area contributed by atoms with Gasteiger partial charge in [0.05, 0.1) is 7.05 Å². The molecule has 0 radical (unpaired) electrons. The summed E-state index contributed by atoms with van der Waals surface area (Å²) in [4.78, 5) is 1.37. The first kappa shape index (κ1) is 18.7. The van der Waals surface area contributed by atoms with Gasteiger partial charge in [0.15, 0.2) is 0 Å². The minimum absolute atomic E-state index is 0.327. The summed E-state index contributed by atoms with van der Waals surface area (Å²) in [6.45, 7) is 1.77. The Morgan fingerprint density at radius 3 is 2.23 bits per heavy atom. The van der Waals surface area contributed by atoms with Crippen LogP contribution in [0.25, 0.3) is 0 Å². The second kappa shape index (κ2) is 9.03. The van der Waals surface area contributed by atoms with Crippen molar-refractivity contribution in [3.63, 3.8) is 0 Å². The maximum atomic E-state index is 11.5. The highest BCUT2D eigenvalue weighted by molar-refractivity contribution is 5.26. The zero-order valence-electron chi connectivity index (χ0n) is 15.7. The molecule has 0 bridgehead atoms. The molecule has 1 unspecified atom stereocenters. The number of nitrogens with one attached hydrogen (secondary N) is 1. The van der Waals surface area contributed by atoms with Crippen LogP contribution in [0.4, 0.5) is 0 Å². The molecule has 0 aliphatic heterocycles. The van der Waals surface area contributed by atoms with E-state index in [2.05, 4.69) is 43.2 Å². The van der Waals surface area contributed by atoms with E-state index < -0.39 is 5.60 Å². The van der Waals surface area contributed by atoms with Gasteiger partial charge in [-0.15, -0.1) is 0 Å². The SMILES string of the molecule is C[NH+](CC#CC[C@](O)(c1ccccc1)C1CCCC1)Cc1ccccc1. The molecule has 2 N–H and O–H groups in total. The van der Waals surface area contributed by atoms with E-state index in [1.165, 1.54) is 23.3 Å². The van der Waals surface area contributed by atoms with E-state index in [4.69, 9.17) is 0 Å². The molecular formula is C24H30NO+. The van der Waals surface area contributed by atoms with Crippen molar-refractivity contribution in [3.8, 4) is 11.8 Å². The van der Waals surface area contributed by atoms with E-state index in [9.17, 15) is 5.11 Å². The largest absolute Gasteiger partial charge is 0.384 e. The fourth-order valence-electron chi connectivity index (χ4n) is 4.03. The minimum Gasteiger partial charge on any atom is -0.384 e. The van der Waals surface area contributed by atoms with Gasteiger partial charge in [-0.2, -0.15) is 0 Å². The van der Waals surface area contributed by atoms with Crippen LogP contribution in [0.5, 0.6) is 0 Å². The average Bonchev–Trinajstić information content (AvgIpc) is 3.22. The van der Waals surface area contributed by atoms with Gasteiger partial charge in [-0.05, 0) is 30.2 Å². The number of benzene rings is 2. The molecule has 136 valence electrons. The maximum absolute atomic E-state index is 11.5. The van der Waals surface area contributed by atoms with Crippen LogP contribution in [0.15, 0.2) is 60.7 Å². The summed E-state index contributed by atoms with van der Waals surface area (Å²) in [5.74, 6) is 6.93. The molecule has 2 nitrogen and oxygen atoms in total. The van der Waals surface area contributed by atoms with Crippen LogP contribution in [-0.2, 0) is 12.1 Å². The van der Waals surface area contributed by atoms with E-state index in [1.54, 1.807) is 0 Å². The zero-order valence-corrected chi connectivity index (χ0v) is 15.7. The molecule has 1 fully saturated rings. The highest BCUT2D eigenvalue weighted by Crippen LogP contribution is 2.42. The molecular weight excluding hydrogens is 318 g/mol. The van der Waals surface area contributed by atoms with Gasteiger partial charge in [-0.25, -0.2) is 0 Å². The summed E-state index contributed by atoms with van der Waals surface area (Å²) < 4.78 is 0. The van der Waals surface area contributed by atoms with E-state index in [-0.39, 0.29) is 0 Å². The van der Waals surface area contributed by atoms with Crippen molar-refractivity contribution >= 4 is 0 Å². The molecule has 0 saturated heterocycles. The fourth-order valence-corrected chi connectivity index (χ4v) is 4.03. The van der Waals surface area contributed by atoms with Gasteiger partial charge in [0.2, 0.25) is 0 Å². The first-order valence-electron chi connectivity index (χ1n) is 9.77. The van der Waals surface area contributed by atoms with Crippen LogP contribution < -0.4 is 4.90 Å². The quantitative estimate of drug-likeness (QED) is 0.770. The Morgan fingerprint density at radius 2 is 1.58 bits per heavy atom. The van der Waals surface area contributed by atoms with E-state index in [0.717, 1.165) is 31.5 Å². The molecule has 0 amide bonds. The van der Waals surface area contributed by atoms with Crippen LogP contribution in [-0.4, -0.2) is 18.7 Å². The van der Waals surface area contributed by atoms with Crippen LogP contribution in [0.1, 0.15) is 43.2 Å². The number of aliphatic hydroxyl groups is 1. The van der Waals surface area contributed by atoms with Crippen molar-refractivity contribution < 1.29 is 10.0 Å². The highest BCUT2D eigenvalue weighted by atomic mass is 16.3. The van der Waals surface area contributed by atoms with Crippen molar-refractivity contribution in [2.75, 3.05) is 13.6 Å². The van der Waals surface area contributed by atoms with Gasteiger partial charge in [0.25, 0.3) is 0 Å². The van der Waals surface area contributed by atoms with Crippen molar-refractivity contribution in [3.05, 3.63) is 71.8 Å².